The highest BCUT2D eigenvalue weighted by Crippen LogP contribution is 2.46. The van der Waals surface area contributed by atoms with Crippen LogP contribution in [0.2, 0.25) is 0 Å². The van der Waals surface area contributed by atoms with Gasteiger partial charge < -0.3 is 14.6 Å². The smallest absolute Gasteiger partial charge is 0.493 e. The van der Waals surface area contributed by atoms with Crippen molar-refractivity contribution in [3.8, 4) is 22.6 Å². The third-order valence-corrected chi connectivity index (χ3v) is 6.25. The van der Waals surface area contributed by atoms with Crippen LogP contribution in [0.25, 0.3) is 11.1 Å². The van der Waals surface area contributed by atoms with Gasteiger partial charge in [-0.15, -0.1) is 13.2 Å². The maximum absolute atomic E-state index is 12.5. The molecule has 6 heteroatoms. The molecule has 0 saturated heterocycles. The summed E-state index contributed by atoms with van der Waals surface area (Å²) < 4.78 is 47.4. The molecule has 2 aliphatic rings. The van der Waals surface area contributed by atoms with E-state index in [4.69, 9.17) is 4.74 Å². The van der Waals surface area contributed by atoms with Crippen molar-refractivity contribution in [1.29, 1.82) is 0 Å². The predicted octanol–water partition coefficient (Wildman–Crippen LogP) is 5.97. The molecule has 2 aromatic rings. The third kappa shape index (κ3) is 4.08. The number of alkyl halides is 3. The van der Waals surface area contributed by atoms with E-state index in [2.05, 4.69) is 17.7 Å². The quantitative estimate of drug-likeness (QED) is 0.665. The van der Waals surface area contributed by atoms with Gasteiger partial charge in [-0.05, 0) is 72.4 Å². The standard InChI is InChI=1S/C23H25F3O3/c1-14(15-4-2-5-15)19-12-20(22-18(21(19)13-27)6-3-11-28-22)16-7-9-17(10-8-16)29-23(24,25)26/h7-10,12,14-15,27H,2-6,11,13H2,1H3. The molecule has 0 radical (unpaired) electrons. The molecular weight excluding hydrogens is 381 g/mol. The first kappa shape index (κ1) is 20.1. The Balaban J connectivity index is 1.78. The lowest BCUT2D eigenvalue weighted by Crippen LogP contribution is -2.21. The summed E-state index contributed by atoms with van der Waals surface area (Å²) in [6.45, 7) is 2.77. The Hall–Kier alpha value is -2.21. The number of aliphatic hydroxyl groups excluding tert-OH is 1. The molecule has 1 N–H and O–H groups in total. The van der Waals surface area contributed by atoms with Crippen LogP contribution in [0.15, 0.2) is 30.3 Å². The van der Waals surface area contributed by atoms with Crippen LogP contribution in [0.5, 0.6) is 11.5 Å². The fourth-order valence-electron chi connectivity index (χ4n) is 4.47. The van der Waals surface area contributed by atoms with Crippen molar-refractivity contribution in [2.75, 3.05) is 6.61 Å². The molecule has 156 valence electrons. The molecule has 0 amide bonds. The van der Waals surface area contributed by atoms with E-state index >= 15 is 0 Å². The fraction of sp³-hybridized carbons (Fsp3) is 0.478. The minimum atomic E-state index is -4.71. The highest BCUT2D eigenvalue weighted by molar-refractivity contribution is 5.75. The summed E-state index contributed by atoms with van der Waals surface area (Å²) in [4.78, 5) is 0. The van der Waals surface area contributed by atoms with Gasteiger partial charge in [-0.25, -0.2) is 0 Å². The van der Waals surface area contributed by atoms with Gasteiger partial charge in [0.15, 0.2) is 0 Å². The number of fused-ring (bicyclic) bond motifs is 1. The lowest BCUT2D eigenvalue weighted by atomic mass is 9.72. The van der Waals surface area contributed by atoms with E-state index in [9.17, 15) is 18.3 Å². The predicted molar refractivity (Wildman–Crippen MR) is 104 cm³/mol. The Kier molecular flexibility index (Phi) is 5.47. The van der Waals surface area contributed by atoms with Gasteiger partial charge >= 0.3 is 6.36 Å². The molecule has 1 unspecified atom stereocenters. The SMILES string of the molecule is CC(c1cc(-c2ccc(OC(F)(F)F)cc2)c2c(c1CO)CCCO2)C1CCC1. The second-order valence-corrected chi connectivity index (χ2v) is 7.96. The highest BCUT2D eigenvalue weighted by atomic mass is 19.4. The Morgan fingerprint density at radius 3 is 2.48 bits per heavy atom. The largest absolute Gasteiger partial charge is 0.573 e. The molecule has 1 aliphatic heterocycles. The van der Waals surface area contributed by atoms with Gasteiger partial charge in [0.1, 0.15) is 11.5 Å². The Bertz CT molecular complexity index is 870. The maximum Gasteiger partial charge on any atom is 0.573 e. The van der Waals surface area contributed by atoms with Crippen LogP contribution in [0.3, 0.4) is 0 Å². The zero-order valence-electron chi connectivity index (χ0n) is 16.4. The molecule has 2 aromatic carbocycles. The number of benzene rings is 2. The molecule has 1 heterocycles. The monoisotopic (exact) mass is 406 g/mol. The molecule has 1 aliphatic carbocycles. The van der Waals surface area contributed by atoms with Crippen LogP contribution >= 0.6 is 0 Å². The van der Waals surface area contributed by atoms with Crippen molar-refractivity contribution >= 4 is 0 Å². The number of hydrogen-bond donors (Lipinski definition) is 1. The highest BCUT2D eigenvalue weighted by Gasteiger charge is 2.32. The molecule has 1 atom stereocenters. The van der Waals surface area contributed by atoms with Crippen LogP contribution in [-0.2, 0) is 13.0 Å². The number of hydrogen-bond acceptors (Lipinski definition) is 3. The molecule has 1 fully saturated rings. The molecule has 3 nitrogen and oxygen atoms in total. The number of aliphatic hydroxyl groups is 1. The van der Waals surface area contributed by atoms with Gasteiger partial charge in [0, 0.05) is 11.1 Å². The molecular formula is C23H25F3O3. The molecule has 29 heavy (non-hydrogen) atoms. The first-order chi connectivity index (χ1) is 13.9. The second-order valence-electron chi connectivity index (χ2n) is 7.96. The molecule has 0 spiro atoms. The summed E-state index contributed by atoms with van der Waals surface area (Å²) in [7, 11) is 0. The van der Waals surface area contributed by atoms with Crippen molar-refractivity contribution in [2.24, 2.45) is 5.92 Å². The van der Waals surface area contributed by atoms with E-state index in [0.717, 1.165) is 46.4 Å². The lowest BCUT2D eigenvalue weighted by Gasteiger charge is -2.34. The van der Waals surface area contributed by atoms with Crippen LogP contribution < -0.4 is 9.47 Å². The van der Waals surface area contributed by atoms with E-state index in [1.54, 1.807) is 12.1 Å². The second kappa shape index (κ2) is 7.90. The Morgan fingerprint density at radius 1 is 1.17 bits per heavy atom. The van der Waals surface area contributed by atoms with Gasteiger partial charge in [0.25, 0.3) is 0 Å². The lowest BCUT2D eigenvalue weighted by molar-refractivity contribution is -0.274. The summed E-state index contributed by atoms with van der Waals surface area (Å²) >= 11 is 0. The van der Waals surface area contributed by atoms with Crippen LogP contribution in [0, 0.1) is 5.92 Å². The number of rotatable bonds is 5. The van der Waals surface area contributed by atoms with Crippen molar-refractivity contribution in [3.05, 3.63) is 47.0 Å². The van der Waals surface area contributed by atoms with E-state index in [0.29, 0.717) is 18.4 Å². The van der Waals surface area contributed by atoms with Crippen molar-refractivity contribution in [1.82, 2.24) is 0 Å². The maximum atomic E-state index is 12.5. The van der Waals surface area contributed by atoms with E-state index in [-0.39, 0.29) is 12.4 Å². The zero-order chi connectivity index (χ0) is 20.6. The van der Waals surface area contributed by atoms with Crippen molar-refractivity contribution < 1.29 is 27.8 Å². The van der Waals surface area contributed by atoms with Crippen LogP contribution in [0.1, 0.15) is 55.2 Å². The minimum absolute atomic E-state index is 0.0310. The number of halogens is 3. The van der Waals surface area contributed by atoms with E-state index in [1.807, 2.05) is 0 Å². The summed E-state index contributed by atoms with van der Waals surface area (Å²) in [5.74, 6) is 1.43. The third-order valence-electron chi connectivity index (χ3n) is 6.25. The van der Waals surface area contributed by atoms with E-state index < -0.39 is 6.36 Å². The molecule has 0 bridgehead atoms. The van der Waals surface area contributed by atoms with E-state index in [1.165, 1.54) is 31.4 Å². The molecule has 0 aromatic heterocycles. The molecule has 1 saturated carbocycles. The zero-order valence-corrected chi connectivity index (χ0v) is 16.4. The normalized spacial score (nSPS) is 17.8. The first-order valence-electron chi connectivity index (χ1n) is 10.2. The Labute approximate surface area is 168 Å². The van der Waals surface area contributed by atoms with Gasteiger partial charge in [0.2, 0.25) is 0 Å². The van der Waals surface area contributed by atoms with Gasteiger partial charge in [-0.3, -0.25) is 0 Å². The number of ether oxygens (including phenoxy) is 2. The topological polar surface area (TPSA) is 38.7 Å². The van der Waals surface area contributed by atoms with Crippen molar-refractivity contribution in [3.63, 3.8) is 0 Å². The average molecular weight is 406 g/mol. The fourth-order valence-corrected chi connectivity index (χ4v) is 4.47. The van der Waals surface area contributed by atoms with Crippen LogP contribution in [0.4, 0.5) is 13.2 Å². The minimum Gasteiger partial charge on any atom is -0.493 e. The van der Waals surface area contributed by atoms with Gasteiger partial charge in [0.05, 0.1) is 13.2 Å². The average Bonchev–Trinajstić information content (AvgIpc) is 2.64. The van der Waals surface area contributed by atoms with Crippen LogP contribution in [-0.4, -0.2) is 18.1 Å². The summed E-state index contributed by atoms with van der Waals surface area (Å²) in [6.07, 6.45) is 0.637. The van der Waals surface area contributed by atoms with Gasteiger partial charge in [-0.2, -0.15) is 0 Å². The van der Waals surface area contributed by atoms with Gasteiger partial charge in [-0.1, -0.05) is 25.5 Å². The van der Waals surface area contributed by atoms with Crippen molar-refractivity contribution in [2.45, 2.75) is 57.9 Å². The summed E-state index contributed by atoms with van der Waals surface area (Å²) in [6, 6.07) is 7.98. The first-order valence-corrected chi connectivity index (χ1v) is 10.2. The summed E-state index contributed by atoms with van der Waals surface area (Å²) in [5, 5.41) is 10.1. The Morgan fingerprint density at radius 2 is 1.90 bits per heavy atom. The molecule has 4 rings (SSSR count). The summed E-state index contributed by atoms with van der Waals surface area (Å²) in [5.41, 5.74) is 4.78.